The molecule has 0 aliphatic rings. The van der Waals surface area contributed by atoms with Crippen LogP contribution in [0, 0.1) is 12.3 Å². The van der Waals surface area contributed by atoms with Gasteiger partial charge in [-0.05, 0) is 24.1 Å². The van der Waals surface area contributed by atoms with Gasteiger partial charge in [0.25, 0.3) is 0 Å². The number of carbonyl (C=O) groups excluding carboxylic acids is 1. The summed E-state index contributed by atoms with van der Waals surface area (Å²) in [5.41, 5.74) is 1.05. The van der Waals surface area contributed by atoms with Crippen LogP contribution in [0.3, 0.4) is 0 Å². The SMILES string of the molecule is C#CCOC(=O)CCc1ccc(Cl)cc1. The van der Waals surface area contributed by atoms with Gasteiger partial charge in [-0.25, -0.2) is 0 Å². The molecule has 0 bridgehead atoms. The average Bonchev–Trinajstić information content (AvgIpc) is 2.25. The fourth-order valence-electron chi connectivity index (χ4n) is 1.09. The van der Waals surface area contributed by atoms with E-state index in [1.54, 1.807) is 12.1 Å². The van der Waals surface area contributed by atoms with Crippen molar-refractivity contribution in [2.24, 2.45) is 0 Å². The third-order valence-electron chi connectivity index (χ3n) is 1.85. The van der Waals surface area contributed by atoms with Crippen molar-refractivity contribution < 1.29 is 9.53 Å². The molecule has 0 radical (unpaired) electrons. The average molecular weight is 223 g/mol. The molecule has 78 valence electrons. The molecule has 0 spiro atoms. The first-order valence-corrected chi connectivity index (χ1v) is 4.93. The van der Waals surface area contributed by atoms with E-state index in [9.17, 15) is 4.79 Å². The van der Waals surface area contributed by atoms with Crippen molar-refractivity contribution in [3.8, 4) is 12.3 Å². The zero-order valence-corrected chi connectivity index (χ0v) is 8.96. The van der Waals surface area contributed by atoms with Gasteiger partial charge >= 0.3 is 5.97 Å². The van der Waals surface area contributed by atoms with Gasteiger partial charge < -0.3 is 4.74 Å². The van der Waals surface area contributed by atoms with Crippen LogP contribution in [0.5, 0.6) is 0 Å². The topological polar surface area (TPSA) is 26.3 Å². The molecule has 0 aliphatic heterocycles. The number of aryl methyl sites for hydroxylation is 1. The minimum atomic E-state index is -0.275. The quantitative estimate of drug-likeness (QED) is 0.578. The second-order valence-corrected chi connectivity index (χ2v) is 3.43. The highest BCUT2D eigenvalue weighted by Crippen LogP contribution is 2.11. The van der Waals surface area contributed by atoms with Crippen LogP contribution in [0.25, 0.3) is 0 Å². The summed E-state index contributed by atoms with van der Waals surface area (Å²) in [5, 5.41) is 0.689. The highest BCUT2D eigenvalue weighted by Gasteiger charge is 2.02. The Morgan fingerprint density at radius 2 is 2.07 bits per heavy atom. The van der Waals surface area contributed by atoms with E-state index in [2.05, 4.69) is 5.92 Å². The number of hydrogen-bond acceptors (Lipinski definition) is 2. The first kappa shape index (κ1) is 11.6. The van der Waals surface area contributed by atoms with Crippen LogP contribution < -0.4 is 0 Å². The van der Waals surface area contributed by atoms with Gasteiger partial charge in [-0.3, -0.25) is 4.79 Å². The molecular formula is C12H11ClO2. The monoisotopic (exact) mass is 222 g/mol. The van der Waals surface area contributed by atoms with E-state index < -0.39 is 0 Å². The number of ether oxygens (including phenoxy) is 1. The number of esters is 1. The number of hydrogen-bond donors (Lipinski definition) is 0. The van der Waals surface area contributed by atoms with Crippen molar-refractivity contribution >= 4 is 17.6 Å². The minimum absolute atomic E-state index is 0.0411. The first-order valence-electron chi connectivity index (χ1n) is 4.56. The Morgan fingerprint density at radius 3 is 2.67 bits per heavy atom. The van der Waals surface area contributed by atoms with Crippen molar-refractivity contribution in [3.63, 3.8) is 0 Å². The maximum atomic E-state index is 11.1. The lowest BCUT2D eigenvalue weighted by Crippen LogP contribution is -2.05. The molecule has 0 N–H and O–H groups in total. The fraction of sp³-hybridized carbons (Fsp3) is 0.250. The summed E-state index contributed by atoms with van der Waals surface area (Å²) in [6.07, 6.45) is 5.93. The third kappa shape index (κ3) is 4.53. The predicted molar refractivity (Wildman–Crippen MR) is 59.6 cm³/mol. The summed E-state index contributed by atoms with van der Waals surface area (Å²) in [6.45, 7) is 0.0411. The molecule has 0 heterocycles. The van der Waals surface area contributed by atoms with Crippen LogP contribution in [0.2, 0.25) is 5.02 Å². The van der Waals surface area contributed by atoms with E-state index in [1.807, 2.05) is 12.1 Å². The zero-order valence-electron chi connectivity index (χ0n) is 8.20. The smallest absolute Gasteiger partial charge is 0.307 e. The summed E-state index contributed by atoms with van der Waals surface area (Å²) < 4.78 is 4.74. The Bertz CT molecular complexity index is 362. The molecule has 1 rings (SSSR count). The van der Waals surface area contributed by atoms with Gasteiger partial charge in [0, 0.05) is 11.4 Å². The molecule has 0 aromatic heterocycles. The number of carbonyl (C=O) groups is 1. The number of rotatable bonds is 4. The van der Waals surface area contributed by atoms with Gasteiger partial charge in [0.1, 0.15) is 0 Å². The van der Waals surface area contributed by atoms with E-state index >= 15 is 0 Å². The van der Waals surface area contributed by atoms with E-state index in [-0.39, 0.29) is 12.6 Å². The number of terminal acetylenes is 1. The minimum Gasteiger partial charge on any atom is -0.452 e. The van der Waals surface area contributed by atoms with E-state index in [4.69, 9.17) is 22.8 Å². The number of halogens is 1. The Kier molecular flexibility index (Phi) is 4.73. The van der Waals surface area contributed by atoms with Gasteiger partial charge in [0.2, 0.25) is 0 Å². The van der Waals surface area contributed by atoms with Gasteiger partial charge in [-0.2, -0.15) is 0 Å². The van der Waals surface area contributed by atoms with Gasteiger partial charge in [0.05, 0.1) is 0 Å². The highest BCUT2D eigenvalue weighted by molar-refractivity contribution is 6.30. The molecule has 0 amide bonds. The highest BCUT2D eigenvalue weighted by atomic mass is 35.5. The summed E-state index contributed by atoms with van der Waals surface area (Å²) in [5.74, 6) is 1.97. The largest absolute Gasteiger partial charge is 0.452 e. The maximum absolute atomic E-state index is 11.1. The molecule has 0 saturated heterocycles. The Labute approximate surface area is 94.2 Å². The molecule has 0 aliphatic carbocycles. The van der Waals surface area contributed by atoms with Crippen LogP contribution in [-0.2, 0) is 16.0 Å². The molecule has 0 unspecified atom stereocenters. The molecule has 0 atom stereocenters. The van der Waals surface area contributed by atoms with E-state index in [0.717, 1.165) is 5.56 Å². The fourth-order valence-corrected chi connectivity index (χ4v) is 1.22. The second kappa shape index (κ2) is 6.10. The molecule has 2 nitrogen and oxygen atoms in total. The Balaban J connectivity index is 2.34. The normalized spacial score (nSPS) is 9.33. The van der Waals surface area contributed by atoms with Crippen molar-refractivity contribution in [3.05, 3.63) is 34.9 Å². The standard InChI is InChI=1S/C12H11ClO2/c1-2-9-15-12(14)8-5-10-3-6-11(13)7-4-10/h1,3-4,6-7H,5,8-9H2. The lowest BCUT2D eigenvalue weighted by atomic mass is 10.1. The van der Waals surface area contributed by atoms with Crippen LogP contribution >= 0.6 is 11.6 Å². The van der Waals surface area contributed by atoms with Crippen LogP contribution in [0.4, 0.5) is 0 Å². The molecule has 1 aromatic rings. The van der Waals surface area contributed by atoms with E-state index in [1.165, 1.54) is 0 Å². The van der Waals surface area contributed by atoms with Crippen molar-refractivity contribution in [1.29, 1.82) is 0 Å². The lowest BCUT2D eigenvalue weighted by molar-refractivity contribution is -0.142. The third-order valence-corrected chi connectivity index (χ3v) is 2.10. The van der Waals surface area contributed by atoms with Crippen molar-refractivity contribution in [2.75, 3.05) is 6.61 Å². The van der Waals surface area contributed by atoms with Crippen molar-refractivity contribution in [1.82, 2.24) is 0 Å². The van der Waals surface area contributed by atoms with Gasteiger partial charge in [-0.15, -0.1) is 6.42 Å². The van der Waals surface area contributed by atoms with Crippen LogP contribution in [0.1, 0.15) is 12.0 Å². The van der Waals surface area contributed by atoms with Crippen LogP contribution in [-0.4, -0.2) is 12.6 Å². The molecule has 15 heavy (non-hydrogen) atoms. The zero-order chi connectivity index (χ0) is 11.1. The molecule has 1 aromatic carbocycles. The maximum Gasteiger partial charge on any atom is 0.307 e. The van der Waals surface area contributed by atoms with Crippen LogP contribution in [0.15, 0.2) is 24.3 Å². The molecular weight excluding hydrogens is 212 g/mol. The second-order valence-electron chi connectivity index (χ2n) is 2.99. The Morgan fingerprint density at radius 1 is 1.40 bits per heavy atom. The molecule has 0 fully saturated rings. The molecule has 3 heteroatoms. The van der Waals surface area contributed by atoms with Gasteiger partial charge in [-0.1, -0.05) is 29.7 Å². The van der Waals surface area contributed by atoms with Gasteiger partial charge in [0.15, 0.2) is 6.61 Å². The predicted octanol–water partition coefficient (Wildman–Crippen LogP) is 2.45. The summed E-state index contributed by atoms with van der Waals surface area (Å²) in [4.78, 5) is 11.1. The number of benzene rings is 1. The lowest BCUT2D eigenvalue weighted by Gasteiger charge is -2.01. The first-order chi connectivity index (χ1) is 7.22. The summed E-state index contributed by atoms with van der Waals surface area (Å²) >= 11 is 5.73. The van der Waals surface area contributed by atoms with E-state index in [0.29, 0.717) is 17.9 Å². The summed E-state index contributed by atoms with van der Waals surface area (Å²) in [7, 11) is 0. The molecule has 0 saturated carbocycles. The summed E-state index contributed by atoms with van der Waals surface area (Å²) in [6, 6.07) is 7.36. The van der Waals surface area contributed by atoms with Crippen molar-refractivity contribution in [2.45, 2.75) is 12.8 Å². The Hall–Kier alpha value is -1.46.